The van der Waals surface area contributed by atoms with Gasteiger partial charge in [0.2, 0.25) is 11.6 Å². The molecule has 0 spiro atoms. The maximum atomic E-state index is 11.0. The Labute approximate surface area is 133 Å². The first-order valence-corrected chi connectivity index (χ1v) is 7.85. The molecule has 3 rings (SSSR count). The molecule has 7 nitrogen and oxygen atoms in total. The molecule has 3 atom stereocenters. The third-order valence-electron chi connectivity index (χ3n) is 4.06. The van der Waals surface area contributed by atoms with Crippen molar-refractivity contribution in [2.24, 2.45) is 0 Å². The molecule has 1 N–H and O–H groups in total. The molecule has 0 aromatic carbocycles. The van der Waals surface area contributed by atoms with Gasteiger partial charge in [-0.1, -0.05) is 0 Å². The van der Waals surface area contributed by atoms with Crippen LogP contribution in [0.3, 0.4) is 0 Å². The number of fused-ring (bicyclic) bond motifs is 1. The van der Waals surface area contributed by atoms with E-state index in [1.54, 1.807) is 13.1 Å². The van der Waals surface area contributed by atoms with Crippen molar-refractivity contribution in [1.82, 2.24) is 4.98 Å². The number of aliphatic hydroxyl groups is 1. The van der Waals surface area contributed by atoms with Crippen molar-refractivity contribution in [3.63, 3.8) is 0 Å². The Balaban J connectivity index is 1.90. The number of nitrogens with zero attached hydrogens (tertiary/aromatic N) is 1. The standard InChI is InChI=1S/C14H21NO6S/c1-12(2)20-8-7-19-14(16,10(8)21-12)9-6-15-11(22-9)13(3,17-4)18-5/h6,8,10,16H,7H2,1-5H3/t8-,10-,14-/m1/s1. The van der Waals surface area contributed by atoms with Crippen LogP contribution in [0.5, 0.6) is 0 Å². The van der Waals surface area contributed by atoms with Crippen LogP contribution in [0.1, 0.15) is 30.7 Å². The third-order valence-corrected chi connectivity index (χ3v) is 5.35. The van der Waals surface area contributed by atoms with Crippen LogP contribution in [-0.2, 0) is 35.3 Å². The predicted octanol–water partition coefficient (Wildman–Crippen LogP) is 1.30. The van der Waals surface area contributed by atoms with Crippen LogP contribution in [0.4, 0.5) is 0 Å². The van der Waals surface area contributed by atoms with Crippen molar-refractivity contribution < 1.29 is 28.8 Å². The number of hydrogen-bond donors (Lipinski definition) is 1. The summed E-state index contributed by atoms with van der Waals surface area (Å²) in [5, 5.41) is 11.5. The molecule has 2 fully saturated rings. The summed E-state index contributed by atoms with van der Waals surface area (Å²) < 4.78 is 27.8. The summed E-state index contributed by atoms with van der Waals surface area (Å²) in [6.07, 6.45) is 0.668. The van der Waals surface area contributed by atoms with Crippen LogP contribution in [0, 0.1) is 0 Å². The molecule has 0 bridgehead atoms. The van der Waals surface area contributed by atoms with Gasteiger partial charge in [-0.3, -0.25) is 0 Å². The maximum absolute atomic E-state index is 11.0. The normalized spacial score (nSPS) is 34.1. The highest BCUT2D eigenvalue weighted by Gasteiger charge is 2.60. The Morgan fingerprint density at radius 3 is 2.68 bits per heavy atom. The van der Waals surface area contributed by atoms with Gasteiger partial charge >= 0.3 is 0 Å². The Morgan fingerprint density at radius 2 is 2.05 bits per heavy atom. The minimum Gasteiger partial charge on any atom is -0.359 e. The van der Waals surface area contributed by atoms with E-state index in [9.17, 15) is 5.11 Å². The highest BCUT2D eigenvalue weighted by atomic mass is 32.1. The minimum atomic E-state index is -1.57. The van der Waals surface area contributed by atoms with Crippen molar-refractivity contribution in [2.45, 2.75) is 50.3 Å². The van der Waals surface area contributed by atoms with E-state index in [0.717, 1.165) is 0 Å². The lowest BCUT2D eigenvalue weighted by Crippen LogP contribution is -2.40. The van der Waals surface area contributed by atoms with E-state index in [-0.39, 0.29) is 12.7 Å². The Kier molecular flexibility index (Phi) is 3.84. The van der Waals surface area contributed by atoms with Crippen LogP contribution < -0.4 is 0 Å². The van der Waals surface area contributed by atoms with Gasteiger partial charge in [-0.15, -0.1) is 11.3 Å². The van der Waals surface area contributed by atoms with Gasteiger partial charge in [0, 0.05) is 20.4 Å². The summed E-state index contributed by atoms with van der Waals surface area (Å²) in [5.41, 5.74) is 0. The smallest absolute Gasteiger partial charge is 0.233 e. The fraction of sp³-hybridized carbons (Fsp3) is 0.786. The van der Waals surface area contributed by atoms with Crippen LogP contribution in [0.15, 0.2) is 6.20 Å². The molecule has 0 amide bonds. The van der Waals surface area contributed by atoms with Gasteiger partial charge in [0.1, 0.15) is 12.2 Å². The summed E-state index contributed by atoms with van der Waals surface area (Å²) >= 11 is 1.26. The highest BCUT2D eigenvalue weighted by Crippen LogP contribution is 2.47. The van der Waals surface area contributed by atoms with E-state index in [0.29, 0.717) is 9.88 Å². The fourth-order valence-corrected chi connectivity index (χ4v) is 3.79. The van der Waals surface area contributed by atoms with E-state index in [4.69, 9.17) is 23.7 Å². The summed E-state index contributed by atoms with van der Waals surface area (Å²) in [6.45, 7) is 5.66. The fourth-order valence-electron chi connectivity index (χ4n) is 2.70. The number of ether oxygens (including phenoxy) is 5. The van der Waals surface area contributed by atoms with Crippen molar-refractivity contribution in [3.05, 3.63) is 16.1 Å². The second-order valence-corrected chi connectivity index (χ2v) is 7.02. The van der Waals surface area contributed by atoms with Gasteiger partial charge in [0.05, 0.1) is 11.5 Å². The molecule has 124 valence electrons. The van der Waals surface area contributed by atoms with Gasteiger partial charge in [-0.05, 0) is 20.8 Å². The number of aromatic nitrogens is 1. The molecule has 1 aromatic heterocycles. The first kappa shape index (κ1) is 16.3. The molecule has 0 saturated carbocycles. The third kappa shape index (κ3) is 2.39. The average molecular weight is 331 g/mol. The van der Waals surface area contributed by atoms with Gasteiger partial charge in [0.25, 0.3) is 0 Å². The summed E-state index contributed by atoms with van der Waals surface area (Å²) in [4.78, 5) is 4.84. The predicted molar refractivity (Wildman–Crippen MR) is 77.2 cm³/mol. The quantitative estimate of drug-likeness (QED) is 0.833. The molecule has 1 aromatic rings. The topological polar surface area (TPSA) is 79.3 Å². The van der Waals surface area contributed by atoms with Gasteiger partial charge in [0.15, 0.2) is 10.8 Å². The van der Waals surface area contributed by atoms with Crippen molar-refractivity contribution in [1.29, 1.82) is 0 Å². The monoisotopic (exact) mass is 331 g/mol. The van der Waals surface area contributed by atoms with Crippen molar-refractivity contribution >= 4 is 11.3 Å². The summed E-state index contributed by atoms with van der Waals surface area (Å²) in [6, 6.07) is 0. The minimum absolute atomic E-state index is 0.268. The molecule has 22 heavy (non-hydrogen) atoms. The highest BCUT2D eigenvalue weighted by molar-refractivity contribution is 7.11. The number of rotatable bonds is 4. The SMILES string of the molecule is COC(C)(OC)c1ncc([C@@]2(O)OC[C@H]3OC(C)(C)O[C@H]32)s1. The van der Waals surface area contributed by atoms with Gasteiger partial charge in [-0.2, -0.15) is 0 Å². The lowest BCUT2D eigenvalue weighted by atomic mass is 10.1. The molecular formula is C14H21NO6S. The van der Waals surface area contributed by atoms with E-state index in [2.05, 4.69) is 4.98 Å². The molecular weight excluding hydrogens is 310 g/mol. The van der Waals surface area contributed by atoms with E-state index in [1.165, 1.54) is 25.6 Å². The number of thiazole rings is 1. The molecule has 3 heterocycles. The van der Waals surface area contributed by atoms with E-state index >= 15 is 0 Å². The number of hydrogen-bond acceptors (Lipinski definition) is 8. The molecule has 0 aliphatic carbocycles. The largest absolute Gasteiger partial charge is 0.359 e. The maximum Gasteiger partial charge on any atom is 0.233 e. The zero-order valence-corrected chi connectivity index (χ0v) is 14.1. The molecule has 8 heteroatoms. The van der Waals surface area contributed by atoms with Crippen molar-refractivity contribution in [3.8, 4) is 0 Å². The van der Waals surface area contributed by atoms with Crippen LogP contribution in [-0.4, -0.2) is 48.9 Å². The molecule has 0 radical (unpaired) electrons. The lowest BCUT2D eigenvalue weighted by Gasteiger charge is -2.28. The first-order chi connectivity index (χ1) is 10.2. The van der Waals surface area contributed by atoms with E-state index < -0.39 is 23.5 Å². The lowest BCUT2D eigenvalue weighted by molar-refractivity contribution is -0.264. The average Bonchev–Trinajstić information content (AvgIpc) is 3.15. The Morgan fingerprint density at radius 1 is 1.36 bits per heavy atom. The molecule has 0 unspecified atom stereocenters. The van der Waals surface area contributed by atoms with Gasteiger partial charge in [-0.25, -0.2) is 4.98 Å². The molecule has 2 aliphatic rings. The first-order valence-electron chi connectivity index (χ1n) is 7.03. The summed E-state index contributed by atoms with van der Waals surface area (Å²) in [7, 11) is 3.08. The van der Waals surface area contributed by atoms with Gasteiger partial charge < -0.3 is 28.8 Å². The van der Waals surface area contributed by atoms with Crippen LogP contribution >= 0.6 is 11.3 Å². The Bertz CT molecular complexity index is 557. The zero-order valence-electron chi connectivity index (χ0n) is 13.3. The second-order valence-electron chi connectivity index (χ2n) is 5.99. The van der Waals surface area contributed by atoms with Crippen molar-refractivity contribution in [2.75, 3.05) is 20.8 Å². The van der Waals surface area contributed by atoms with Crippen LogP contribution in [0.2, 0.25) is 0 Å². The molecule has 2 aliphatic heterocycles. The Hall–Kier alpha value is -0.610. The number of methoxy groups -OCH3 is 2. The summed E-state index contributed by atoms with van der Waals surface area (Å²) in [5.74, 6) is -3.28. The zero-order chi connectivity index (χ0) is 16.2. The molecule has 2 saturated heterocycles. The van der Waals surface area contributed by atoms with Crippen LogP contribution in [0.25, 0.3) is 0 Å². The second kappa shape index (κ2) is 5.20. The van der Waals surface area contributed by atoms with E-state index in [1.807, 2.05) is 13.8 Å².